The Labute approximate surface area is 146 Å². The second-order valence-electron chi connectivity index (χ2n) is 6.21. The topological polar surface area (TPSA) is 53.8 Å². The van der Waals surface area contributed by atoms with Gasteiger partial charge in [0, 0.05) is 17.5 Å². The summed E-state index contributed by atoms with van der Waals surface area (Å²) >= 11 is 0. The number of aryl methyl sites for hydroxylation is 1. The highest BCUT2D eigenvalue weighted by molar-refractivity contribution is 5.98. The summed E-state index contributed by atoms with van der Waals surface area (Å²) in [5.41, 5.74) is 5.73. The number of hydrogen-bond donors (Lipinski definition) is 0. The summed E-state index contributed by atoms with van der Waals surface area (Å²) < 4.78 is 0. The highest BCUT2D eigenvalue weighted by Crippen LogP contribution is 2.29. The van der Waals surface area contributed by atoms with Crippen molar-refractivity contribution in [3.8, 4) is 28.5 Å². The summed E-state index contributed by atoms with van der Waals surface area (Å²) in [5.74, 6) is 0.0937. The third-order valence-corrected chi connectivity index (χ3v) is 4.61. The molecule has 0 atom stereocenters. The lowest BCUT2D eigenvalue weighted by Gasteiger charge is -2.16. The third-order valence-electron chi connectivity index (χ3n) is 4.61. The molecule has 3 nitrogen and oxygen atoms in total. The maximum Gasteiger partial charge on any atom is 0.164 e. The van der Waals surface area contributed by atoms with Crippen molar-refractivity contribution in [2.75, 3.05) is 0 Å². The van der Waals surface area contributed by atoms with Crippen LogP contribution in [0.5, 0.6) is 0 Å². The number of nitrogens with zero attached hydrogens (tertiary/aromatic N) is 2. The number of nitriles is 1. The van der Waals surface area contributed by atoms with Gasteiger partial charge in [0.25, 0.3) is 0 Å². The molecule has 1 aromatic heterocycles. The molecule has 0 spiro atoms. The first-order valence-corrected chi connectivity index (χ1v) is 8.39. The Morgan fingerprint density at radius 2 is 1.56 bits per heavy atom. The summed E-state index contributed by atoms with van der Waals surface area (Å²) in [6.07, 6.45) is 2.17. The van der Waals surface area contributed by atoms with E-state index in [1.54, 1.807) is 6.07 Å². The molecule has 0 N–H and O–H groups in total. The lowest BCUT2D eigenvalue weighted by atomic mass is 9.92. The molecular formula is C22H16N2O. The zero-order valence-electron chi connectivity index (χ0n) is 13.7. The number of rotatable bonds is 2. The third kappa shape index (κ3) is 2.83. The van der Waals surface area contributed by atoms with E-state index in [4.69, 9.17) is 0 Å². The van der Waals surface area contributed by atoms with Gasteiger partial charge in [-0.05, 0) is 30.0 Å². The van der Waals surface area contributed by atoms with E-state index in [2.05, 4.69) is 23.2 Å². The molecule has 3 heteroatoms. The average molecular weight is 324 g/mol. The summed E-state index contributed by atoms with van der Waals surface area (Å²) in [6.45, 7) is 0. The standard InChI is InChI=1S/C22H16N2O/c23-14-18-13-19-20(7-4-8-21(19)25)24-22(18)17-11-9-16(10-12-17)15-5-2-1-3-6-15/h1-3,5-6,9-13H,4,7-8H2. The van der Waals surface area contributed by atoms with Crippen LogP contribution in [-0.2, 0) is 6.42 Å². The van der Waals surface area contributed by atoms with Crippen LogP contribution in [0.2, 0.25) is 0 Å². The largest absolute Gasteiger partial charge is 0.294 e. The summed E-state index contributed by atoms with van der Waals surface area (Å²) in [4.78, 5) is 16.7. The van der Waals surface area contributed by atoms with Gasteiger partial charge in [-0.1, -0.05) is 54.6 Å². The molecule has 1 heterocycles. The summed E-state index contributed by atoms with van der Waals surface area (Å²) in [6, 6.07) is 22.1. The van der Waals surface area contributed by atoms with E-state index in [1.165, 1.54) is 0 Å². The Morgan fingerprint density at radius 3 is 2.28 bits per heavy atom. The maximum absolute atomic E-state index is 12.1. The molecule has 25 heavy (non-hydrogen) atoms. The van der Waals surface area contributed by atoms with Gasteiger partial charge in [0.1, 0.15) is 6.07 Å². The van der Waals surface area contributed by atoms with Gasteiger partial charge in [0.05, 0.1) is 17.0 Å². The molecule has 0 radical (unpaired) electrons. The van der Waals surface area contributed by atoms with Crippen LogP contribution >= 0.6 is 0 Å². The molecule has 1 aliphatic carbocycles. The van der Waals surface area contributed by atoms with E-state index in [-0.39, 0.29) is 5.78 Å². The molecule has 0 bridgehead atoms. The minimum Gasteiger partial charge on any atom is -0.294 e. The minimum absolute atomic E-state index is 0.0937. The van der Waals surface area contributed by atoms with Crippen LogP contribution in [0, 0.1) is 11.3 Å². The van der Waals surface area contributed by atoms with Crippen LogP contribution in [0.1, 0.15) is 34.5 Å². The fraction of sp³-hybridized carbons (Fsp3) is 0.136. The van der Waals surface area contributed by atoms with Crippen molar-refractivity contribution in [1.29, 1.82) is 5.26 Å². The van der Waals surface area contributed by atoms with Gasteiger partial charge >= 0.3 is 0 Å². The lowest BCUT2D eigenvalue weighted by Crippen LogP contribution is -2.13. The maximum atomic E-state index is 12.1. The Kier molecular flexibility index (Phi) is 3.87. The number of carbonyl (C=O) groups is 1. The molecular weight excluding hydrogens is 308 g/mol. The lowest BCUT2D eigenvalue weighted by molar-refractivity contribution is 0.0971. The van der Waals surface area contributed by atoms with Crippen molar-refractivity contribution in [1.82, 2.24) is 4.98 Å². The van der Waals surface area contributed by atoms with Gasteiger partial charge in [0.15, 0.2) is 5.78 Å². The summed E-state index contributed by atoms with van der Waals surface area (Å²) in [7, 11) is 0. The smallest absolute Gasteiger partial charge is 0.164 e. The molecule has 3 aromatic rings. The molecule has 0 saturated heterocycles. The van der Waals surface area contributed by atoms with Gasteiger partial charge in [0.2, 0.25) is 0 Å². The number of aromatic nitrogens is 1. The normalized spacial score (nSPS) is 13.2. The number of hydrogen-bond acceptors (Lipinski definition) is 3. The van der Waals surface area contributed by atoms with Crippen LogP contribution in [0.15, 0.2) is 60.7 Å². The number of pyridine rings is 1. The SMILES string of the molecule is N#Cc1cc2c(nc1-c1ccc(-c3ccccc3)cc1)CCCC2=O. The van der Waals surface area contributed by atoms with Crippen LogP contribution in [-0.4, -0.2) is 10.8 Å². The molecule has 4 rings (SSSR count). The van der Waals surface area contributed by atoms with E-state index in [1.807, 2.05) is 42.5 Å². The van der Waals surface area contributed by atoms with Gasteiger partial charge in [-0.2, -0.15) is 5.26 Å². The molecule has 0 aliphatic heterocycles. The van der Waals surface area contributed by atoms with Gasteiger partial charge in [-0.25, -0.2) is 0 Å². The summed E-state index contributed by atoms with van der Waals surface area (Å²) in [5, 5.41) is 9.50. The van der Waals surface area contributed by atoms with Gasteiger partial charge in [-0.3, -0.25) is 9.78 Å². The molecule has 0 amide bonds. The number of fused-ring (bicyclic) bond motifs is 1. The Bertz CT molecular complexity index is 983. The van der Waals surface area contributed by atoms with Gasteiger partial charge < -0.3 is 0 Å². The van der Waals surface area contributed by atoms with Crippen molar-refractivity contribution in [3.05, 3.63) is 77.5 Å². The van der Waals surface area contributed by atoms with Crippen LogP contribution in [0.3, 0.4) is 0 Å². The molecule has 0 saturated carbocycles. The zero-order chi connectivity index (χ0) is 17.2. The first kappa shape index (κ1) is 15.3. The quantitative estimate of drug-likeness (QED) is 0.680. The number of carbonyl (C=O) groups excluding carboxylic acids is 1. The average Bonchev–Trinajstić information content (AvgIpc) is 2.68. The van der Waals surface area contributed by atoms with E-state index >= 15 is 0 Å². The number of Topliss-reactive ketones (excluding diaryl/α,β-unsaturated/α-hetero) is 1. The predicted molar refractivity (Wildman–Crippen MR) is 97.1 cm³/mol. The fourth-order valence-electron chi connectivity index (χ4n) is 3.29. The first-order valence-electron chi connectivity index (χ1n) is 8.39. The molecule has 1 aliphatic rings. The Morgan fingerprint density at radius 1 is 0.880 bits per heavy atom. The van der Waals surface area contributed by atoms with E-state index in [0.717, 1.165) is 35.2 Å². The van der Waals surface area contributed by atoms with Crippen LogP contribution in [0.25, 0.3) is 22.4 Å². The highest BCUT2D eigenvalue weighted by Gasteiger charge is 2.21. The number of benzene rings is 2. The first-order chi connectivity index (χ1) is 12.3. The molecule has 2 aromatic carbocycles. The second-order valence-corrected chi connectivity index (χ2v) is 6.21. The second kappa shape index (κ2) is 6.33. The zero-order valence-corrected chi connectivity index (χ0v) is 13.7. The molecule has 0 unspecified atom stereocenters. The molecule has 120 valence electrons. The van der Waals surface area contributed by atoms with E-state index < -0.39 is 0 Å². The van der Waals surface area contributed by atoms with E-state index in [9.17, 15) is 10.1 Å². The fourth-order valence-corrected chi connectivity index (χ4v) is 3.29. The Hall–Kier alpha value is -3.25. The monoisotopic (exact) mass is 324 g/mol. The van der Waals surface area contributed by atoms with Crippen LogP contribution < -0.4 is 0 Å². The minimum atomic E-state index is 0.0937. The Balaban J connectivity index is 1.77. The van der Waals surface area contributed by atoms with Crippen molar-refractivity contribution in [2.45, 2.75) is 19.3 Å². The van der Waals surface area contributed by atoms with Crippen LogP contribution in [0.4, 0.5) is 0 Å². The van der Waals surface area contributed by atoms with Crippen molar-refractivity contribution in [2.24, 2.45) is 0 Å². The highest BCUT2D eigenvalue weighted by atomic mass is 16.1. The van der Waals surface area contributed by atoms with Gasteiger partial charge in [-0.15, -0.1) is 0 Å². The van der Waals surface area contributed by atoms with Crippen molar-refractivity contribution < 1.29 is 4.79 Å². The predicted octanol–water partition coefficient (Wildman–Crippen LogP) is 4.81. The van der Waals surface area contributed by atoms with E-state index in [0.29, 0.717) is 23.2 Å². The number of ketones is 1. The van der Waals surface area contributed by atoms with Crippen molar-refractivity contribution >= 4 is 5.78 Å². The molecule has 0 fully saturated rings. The van der Waals surface area contributed by atoms with Crippen molar-refractivity contribution in [3.63, 3.8) is 0 Å².